The number of nitrogens with one attached hydrogen (secondary N) is 3. The average Bonchev–Trinajstić information content (AvgIpc) is 3.21. The van der Waals surface area contributed by atoms with Crippen LogP contribution in [0.3, 0.4) is 0 Å². The summed E-state index contributed by atoms with van der Waals surface area (Å²) in [6.07, 6.45) is 3.37. The number of aromatic amines is 2. The first-order valence-electron chi connectivity index (χ1n) is 7.58. The summed E-state index contributed by atoms with van der Waals surface area (Å²) in [5.74, 6) is 0.114. The van der Waals surface area contributed by atoms with Crippen LogP contribution in [0, 0.1) is 0 Å². The number of hydrogen-bond donors (Lipinski definition) is 3. The Bertz CT molecular complexity index is 1120. The van der Waals surface area contributed by atoms with Crippen LogP contribution in [0.25, 0.3) is 22.3 Å². The molecule has 0 unspecified atom stereocenters. The number of carbonyl (C=O) groups is 1. The normalized spacial score (nSPS) is 10.9. The van der Waals surface area contributed by atoms with E-state index in [1.165, 1.54) is 4.57 Å². The van der Waals surface area contributed by atoms with Crippen molar-refractivity contribution in [1.82, 2.24) is 24.7 Å². The van der Waals surface area contributed by atoms with Crippen LogP contribution in [0.15, 0.2) is 53.6 Å². The van der Waals surface area contributed by atoms with Crippen LogP contribution in [-0.4, -0.2) is 30.6 Å². The van der Waals surface area contributed by atoms with E-state index in [0.29, 0.717) is 22.4 Å². The number of rotatable bonds is 3. The number of hydrogen-bond acceptors (Lipinski definition) is 4. The van der Waals surface area contributed by atoms with Gasteiger partial charge in [0.15, 0.2) is 5.82 Å². The van der Waals surface area contributed by atoms with Crippen molar-refractivity contribution < 1.29 is 4.79 Å². The fourth-order valence-corrected chi connectivity index (χ4v) is 2.62. The molecular formula is C17H14N6O2. The molecule has 0 aliphatic rings. The van der Waals surface area contributed by atoms with E-state index in [0.717, 1.165) is 11.3 Å². The number of aryl methyl sites for hydroxylation is 1. The second-order valence-corrected chi connectivity index (χ2v) is 5.58. The predicted octanol–water partition coefficient (Wildman–Crippen LogP) is 1.90. The lowest BCUT2D eigenvalue weighted by Crippen LogP contribution is -2.13. The standard InChI is InChI=1S/C17H14N6O2/c1-23-14-8-11(2-3-12(14)19-17(23)25)16(24)20-15-9-13(21-22-15)10-4-6-18-7-5-10/h2-9H,1H3,(H,19,25)(H2,20,21,22,24). The molecule has 0 fully saturated rings. The molecule has 0 bridgehead atoms. The number of H-pyrrole nitrogens is 2. The Balaban J connectivity index is 1.59. The predicted molar refractivity (Wildman–Crippen MR) is 93.3 cm³/mol. The lowest BCUT2D eigenvalue weighted by Gasteiger charge is -2.02. The molecule has 0 radical (unpaired) electrons. The zero-order chi connectivity index (χ0) is 17.4. The topological polar surface area (TPSA) is 108 Å². The monoisotopic (exact) mass is 334 g/mol. The van der Waals surface area contributed by atoms with E-state index < -0.39 is 0 Å². The molecule has 0 aliphatic carbocycles. The number of aromatic nitrogens is 5. The van der Waals surface area contributed by atoms with Gasteiger partial charge < -0.3 is 10.3 Å². The van der Waals surface area contributed by atoms with Gasteiger partial charge in [0, 0.05) is 36.6 Å². The van der Waals surface area contributed by atoms with E-state index in [1.807, 2.05) is 12.1 Å². The van der Waals surface area contributed by atoms with Crippen molar-refractivity contribution in [2.45, 2.75) is 0 Å². The Kier molecular flexibility index (Phi) is 3.42. The van der Waals surface area contributed by atoms with Gasteiger partial charge in [-0.05, 0) is 30.3 Å². The minimum Gasteiger partial charge on any atom is -0.306 e. The second kappa shape index (κ2) is 5.75. The summed E-state index contributed by atoms with van der Waals surface area (Å²) in [7, 11) is 1.65. The summed E-state index contributed by atoms with van der Waals surface area (Å²) >= 11 is 0. The Labute approximate surface area is 141 Å². The molecule has 0 aliphatic heterocycles. The first-order valence-corrected chi connectivity index (χ1v) is 7.58. The molecule has 4 aromatic rings. The number of anilines is 1. The third kappa shape index (κ3) is 2.69. The van der Waals surface area contributed by atoms with Gasteiger partial charge in [-0.3, -0.25) is 19.4 Å². The number of amides is 1. The number of benzene rings is 1. The summed E-state index contributed by atoms with van der Waals surface area (Å²) in [4.78, 5) is 30.8. The lowest BCUT2D eigenvalue weighted by atomic mass is 10.2. The molecular weight excluding hydrogens is 320 g/mol. The highest BCUT2D eigenvalue weighted by molar-refractivity contribution is 6.05. The van der Waals surface area contributed by atoms with Crippen molar-refractivity contribution >= 4 is 22.8 Å². The van der Waals surface area contributed by atoms with Crippen LogP contribution in [0.2, 0.25) is 0 Å². The SMILES string of the molecule is Cn1c(=O)[nH]c2ccc(C(=O)Nc3cc(-c4ccncc4)[nH]n3)cc21. The van der Waals surface area contributed by atoms with Gasteiger partial charge in [0.05, 0.1) is 16.7 Å². The van der Waals surface area contributed by atoms with E-state index >= 15 is 0 Å². The third-order valence-corrected chi connectivity index (χ3v) is 3.98. The maximum Gasteiger partial charge on any atom is 0.326 e. The molecule has 1 amide bonds. The zero-order valence-corrected chi connectivity index (χ0v) is 13.3. The number of pyridine rings is 1. The minimum absolute atomic E-state index is 0.221. The van der Waals surface area contributed by atoms with E-state index in [-0.39, 0.29) is 11.6 Å². The molecule has 4 rings (SSSR count). The smallest absolute Gasteiger partial charge is 0.306 e. The van der Waals surface area contributed by atoms with Gasteiger partial charge in [-0.1, -0.05) is 0 Å². The number of nitrogens with zero attached hydrogens (tertiary/aromatic N) is 3. The first kappa shape index (κ1) is 14.9. The van der Waals surface area contributed by atoms with Crippen molar-refractivity contribution in [1.29, 1.82) is 0 Å². The molecule has 3 N–H and O–H groups in total. The highest BCUT2D eigenvalue weighted by atomic mass is 16.2. The summed E-state index contributed by atoms with van der Waals surface area (Å²) < 4.78 is 1.46. The molecule has 3 heterocycles. The van der Waals surface area contributed by atoms with Crippen LogP contribution in [0.1, 0.15) is 10.4 Å². The van der Waals surface area contributed by atoms with E-state index in [2.05, 4.69) is 25.5 Å². The lowest BCUT2D eigenvalue weighted by molar-refractivity contribution is 0.102. The van der Waals surface area contributed by atoms with Crippen LogP contribution in [0.4, 0.5) is 5.82 Å². The zero-order valence-electron chi connectivity index (χ0n) is 13.3. The third-order valence-electron chi connectivity index (χ3n) is 3.98. The molecule has 0 atom stereocenters. The quantitative estimate of drug-likeness (QED) is 0.532. The molecule has 124 valence electrons. The molecule has 1 aromatic carbocycles. The molecule has 8 heteroatoms. The van der Waals surface area contributed by atoms with Crippen molar-refractivity contribution in [2.24, 2.45) is 7.05 Å². The van der Waals surface area contributed by atoms with E-state index in [4.69, 9.17) is 0 Å². The second-order valence-electron chi connectivity index (χ2n) is 5.58. The Morgan fingerprint density at radius 3 is 2.76 bits per heavy atom. The number of carbonyl (C=O) groups excluding carboxylic acids is 1. The van der Waals surface area contributed by atoms with Crippen molar-refractivity contribution in [3.8, 4) is 11.3 Å². The summed E-state index contributed by atoms with van der Waals surface area (Å²) in [6, 6.07) is 10.5. The summed E-state index contributed by atoms with van der Waals surface area (Å²) in [5, 5.41) is 9.73. The van der Waals surface area contributed by atoms with Crippen molar-refractivity contribution in [2.75, 3.05) is 5.32 Å². The minimum atomic E-state index is -0.302. The molecule has 25 heavy (non-hydrogen) atoms. The van der Waals surface area contributed by atoms with Gasteiger partial charge in [0.25, 0.3) is 5.91 Å². The molecule has 0 saturated carbocycles. The Morgan fingerprint density at radius 1 is 1.16 bits per heavy atom. The van der Waals surface area contributed by atoms with E-state index in [9.17, 15) is 9.59 Å². The summed E-state index contributed by atoms with van der Waals surface area (Å²) in [5.41, 5.74) is 3.27. The van der Waals surface area contributed by atoms with Gasteiger partial charge in [-0.2, -0.15) is 5.10 Å². The van der Waals surface area contributed by atoms with Gasteiger partial charge in [-0.25, -0.2) is 4.79 Å². The van der Waals surface area contributed by atoms with Crippen LogP contribution in [-0.2, 0) is 7.05 Å². The van der Waals surface area contributed by atoms with Crippen molar-refractivity contribution in [3.63, 3.8) is 0 Å². The van der Waals surface area contributed by atoms with Crippen LogP contribution >= 0.6 is 0 Å². The fourth-order valence-electron chi connectivity index (χ4n) is 2.62. The van der Waals surface area contributed by atoms with Crippen molar-refractivity contribution in [3.05, 3.63) is 64.8 Å². The molecule has 0 spiro atoms. The van der Waals surface area contributed by atoms with Gasteiger partial charge in [0.2, 0.25) is 0 Å². The fraction of sp³-hybridized carbons (Fsp3) is 0.0588. The largest absolute Gasteiger partial charge is 0.326 e. The van der Waals surface area contributed by atoms with Gasteiger partial charge in [0.1, 0.15) is 0 Å². The molecule has 3 aromatic heterocycles. The maximum atomic E-state index is 12.4. The van der Waals surface area contributed by atoms with Gasteiger partial charge in [-0.15, -0.1) is 0 Å². The van der Waals surface area contributed by atoms with Crippen LogP contribution < -0.4 is 11.0 Å². The number of fused-ring (bicyclic) bond motifs is 1. The van der Waals surface area contributed by atoms with E-state index in [1.54, 1.807) is 43.7 Å². The average molecular weight is 334 g/mol. The maximum absolute atomic E-state index is 12.4. The van der Waals surface area contributed by atoms with Crippen LogP contribution in [0.5, 0.6) is 0 Å². The number of imidazole rings is 1. The molecule has 0 saturated heterocycles. The Morgan fingerprint density at radius 2 is 1.96 bits per heavy atom. The van der Waals surface area contributed by atoms with Gasteiger partial charge >= 0.3 is 5.69 Å². The molecule has 8 nitrogen and oxygen atoms in total. The summed E-state index contributed by atoms with van der Waals surface area (Å²) in [6.45, 7) is 0. The highest BCUT2D eigenvalue weighted by Gasteiger charge is 2.12. The highest BCUT2D eigenvalue weighted by Crippen LogP contribution is 2.19. The first-order chi connectivity index (χ1) is 12.1. The Hall–Kier alpha value is -3.68.